The number of nitriles is 1. The molecular weight excluding hydrogens is 295 g/mol. The molecule has 1 amide bonds. The molecular formula is C18H15FN2O2. The number of hydrogen-bond acceptors (Lipinski definition) is 3. The fourth-order valence-corrected chi connectivity index (χ4v) is 2.25. The normalized spacial score (nSPS) is 11.4. The van der Waals surface area contributed by atoms with E-state index < -0.39 is 17.8 Å². The van der Waals surface area contributed by atoms with Gasteiger partial charge in [-0.25, -0.2) is 4.39 Å². The molecule has 2 rings (SSSR count). The predicted molar refractivity (Wildman–Crippen MR) is 83.4 cm³/mol. The van der Waals surface area contributed by atoms with Crippen molar-refractivity contribution in [3.8, 4) is 6.07 Å². The first-order chi connectivity index (χ1) is 10.9. The summed E-state index contributed by atoms with van der Waals surface area (Å²) in [4.78, 5) is 23.8. The predicted octanol–water partition coefficient (Wildman–Crippen LogP) is 3.33. The summed E-state index contributed by atoms with van der Waals surface area (Å²) in [5.41, 5.74) is 1.55. The molecule has 1 atom stereocenters. The monoisotopic (exact) mass is 310 g/mol. The zero-order valence-corrected chi connectivity index (χ0v) is 12.8. The molecule has 0 unspecified atom stereocenters. The minimum atomic E-state index is -1.11. The molecule has 1 N–H and O–H groups in total. The van der Waals surface area contributed by atoms with Crippen molar-refractivity contribution < 1.29 is 14.0 Å². The van der Waals surface area contributed by atoms with Gasteiger partial charge in [-0.15, -0.1) is 0 Å². The number of benzene rings is 2. The highest BCUT2D eigenvalue weighted by atomic mass is 19.1. The number of amides is 1. The molecule has 2 aromatic rings. The molecule has 116 valence electrons. The van der Waals surface area contributed by atoms with Gasteiger partial charge in [-0.1, -0.05) is 24.3 Å². The van der Waals surface area contributed by atoms with Crippen molar-refractivity contribution in [2.75, 3.05) is 0 Å². The highest BCUT2D eigenvalue weighted by Crippen LogP contribution is 2.18. The lowest BCUT2D eigenvalue weighted by Gasteiger charge is -2.13. The second-order valence-electron chi connectivity index (χ2n) is 5.14. The summed E-state index contributed by atoms with van der Waals surface area (Å²) in [5, 5.41) is 11.7. The fourth-order valence-electron chi connectivity index (χ4n) is 2.25. The Morgan fingerprint density at radius 3 is 2.52 bits per heavy atom. The van der Waals surface area contributed by atoms with Crippen molar-refractivity contribution in [3.63, 3.8) is 0 Å². The first kappa shape index (κ1) is 16.4. The molecule has 0 saturated carbocycles. The molecule has 0 aromatic heterocycles. The van der Waals surface area contributed by atoms with E-state index in [2.05, 4.69) is 5.32 Å². The van der Waals surface area contributed by atoms with Gasteiger partial charge in [0.2, 0.25) is 0 Å². The summed E-state index contributed by atoms with van der Waals surface area (Å²) < 4.78 is 13.8. The van der Waals surface area contributed by atoms with Gasteiger partial charge in [0.05, 0.1) is 6.07 Å². The molecule has 4 nitrogen and oxygen atoms in total. The van der Waals surface area contributed by atoms with Gasteiger partial charge in [-0.3, -0.25) is 9.59 Å². The van der Waals surface area contributed by atoms with E-state index in [-0.39, 0.29) is 16.9 Å². The quantitative estimate of drug-likeness (QED) is 0.881. The lowest BCUT2D eigenvalue weighted by Crippen LogP contribution is -2.28. The molecule has 0 radical (unpaired) electrons. The Hall–Kier alpha value is -3.00. The van der Waals surface area contributed by atoms with Crippen LogP contribution in [0.2, 0.25) is 0 Å². The number of halogens is 1. The topological polar surface area (TPSA) is 70.0 Å². The Bertz CT molecular complexity index is 809. The van der Waals surface area contributed by atoms with Crippen molar-refractivity contribution in [1.29, 1.82) is 5.26 Å². The molecule has 0 spiro atoms. The SMILES string of the molecule is CC(=O)c1cc(C(=O)N[C@@H](C#N)c2ccccc2F)ccc1C. The van der Waals surface area contributed by atoms with E-state index >= 15 is 0 Å². The average Bonchev–Trinajstić information content (AvgIpc) is 2.53. The Morgan fingerprint density at radius 2 is 1.91 bits per heavy atom. The summed E-state index contributed by atoms with van der Waals surface area (Å²) >= 11 is 0. The maximum atomic E-state index is 13.8. The summed E-state index contributed by atoms with van der Waals surface area (Å²) in [6, 6.07) is 11.2. The molecule has 23 heavy (non-hydrogen) atoms. The molecule has 5 heteroatoms. The number of Topliss-reactive ketones (excluding diaryl/α,β-unsaturated/α-hetero) is 1. The third-order valence-electron chi connectivity index (χ3n) is 3.50. The zero-order chi connectivity index (χ0) is 17.0. The number of carbonyl (C=O) groups excluding carboxylic acids is 2. The van der Waals surface area contributed by atoms with Gasteiger partial charge in [0.15, 0.2) is 5.78 Å². The lowest BCUT2D eigenvalue weighted by molar-refractivity contribution is 0.0944. The summed E-state index contributed by atoms with van der Waals surface area (Å²) in [6.07, 6.45) is 0. The van der Waals surface area contributed by atoms with Gasteiger partial charge in [-0.2, -0.15) is 5.26 Å². The van der Waals surface area contributed by atoms with E-state index in [0.29, 0.717) is 5.56 Å². The maximum absolute atomic E-state index is 13.8. The van der Waals surface area contributed by atoms with Crippen molar-refractivity contribution in [3.05, 3.63) is 70.5 Å². The smallest absolute Gasteiger partial charge is 0.252 e. The average molecular weight is 310 g/mol. The Morgan fingerprint density at radius 1 is 1.22 bits per heavy atom. The van der Waals surface area contributed by atoms with Crippen LogP contribution in [0.3, 0.4) is 0 Å². The first-order valence-electron chi connectivity index (χ1n) is 7.00. The molecule has 0 fully saturated rings. The van der Waals surface area contributed by atoms with Gasteiger partial charge in [0.25, 0.3) is 5.91 Å². The summed E-state index contributed by atoms with van der Waals surface area (Å²) in [5.74, 6) is -1.25. The highest BCUT2D eigenvalue weighted by Gasteiger charge is 2.19. The Kier molecular flexibility index (Phi) is 4.87. The van der Waals surface area contributed by atoms with Crippen molar-refractivity contribution in [1.82, 2.24) is 5.32 Å². The molecule has 0 aliphatic carbocycles. The minimum absolute atomic E-state index is 0.0993. The Balaban J connectivity index is 2.28. The number of hydrogen-bond donors (Lipinski definition) is 1. The number of ketones is 1. The third-order valence-corrected chi connectivity index (χ3v) is 3.50. The van der Waals surface area contributed by atoms with E-state index in [1.165, 1.54) is 31.2 Å². The number of carbonyl (C=O) groups is 2. The molecule has 0 aliphatic rings. The van der Waals surface area contributed by atoms with Crippen molar-refractivity contribution in [2.24, 2.45) is 0 Å². The minimum Gasteiger partial charge on any atom is -0.332 e. The van der Waals surface area contributed by atoms with Crippen molar-refractivity contribution in [2.45, 2.75) is 19.9 Å². The van der Waals surface area contributed by atoms with Crippen LogP contribution in [0.15, 0.2) is 42.5 Å². The molecule has 2 aromatic carbocycles. The van der Waals surface area contributed by atoms with Gasteiger partial charge in [-0.05, 0) is 37.6 Å². The molecule has 0 heterocycles. The number of nitrogens with zero attached hydrogens (tertiary/aromatic N) is 1. The van der Waals surface area contributed by atoms with Gasteiger partial charge in [0.1, 0.15) is 11.9 Å². The van der Waals surface area contributed by atoms with Crippen LogP contribution in [0.5, 0.6) is 0 Å². The van der Waals surface area contributed by atoms with Crippen LogP contribution in [0.25, 0.3) is 0 Å². The van der Waals surface area contributed by atoms with Crippen LogP contribution in [0.1, 0.15) is 44.8 Å². The van der Waals surface area contributed by atoms with Gasteiger partial charge < -0.3 is 5.32 Å². The van der Waals surface area contributed by atoms with Crippen molar-refractivity contribution >= 4 is 11.7 Å². The van der Waals surface area contributed by atoms with Crippen LogP contribution in [0, 0.1) is 24.1 Å². The van der Waals surface area contributed by atoms with Crippen LogP contribution >= 0.6 is 0 Å². The van der Waals surface area contributed by atoms with Crippen LogP contribution in [-0.4, -0.2) is 11.7 Å². The second-order valence-corrected chi connectivity index (χ2v) is 5.14. The van der Waals surface area contributed by atoms with E-state index in [1.54, 1.807) is 25.1 Å². The van der Waals surface area contributed by atoms with E-state index in [1.807, 2.05) is 6.07 Å². The lowest BCUT2D eigenvalue weighted by atomic mass is 10.0. The van der Waals surface area contributed by atoms with Gasteiger partial charge >= 0.3 is 0 Å². The summed E-state index contributed by atoms with van der Waals surface area (Å²) in [7, 11) is 0. The third kappa shape index (κ3) is 3.61. The fraction of sp³-hybridized carbons (Fsp3) is 0.167. The zero-order valence-electron chi connectivity index (χ0n) is 12.8. The molecule has 0 bridgehead atoms. The Labute approximate surface area is 133 Å². The number of nitrogens with one attached hydrogen (secondary N) is 1. The van der Waals surface area contributed by atoms with Crippen LogP contribution < -0.4 is 5.32 Å². The first-order valence-corrected chi connectivity index (χ1v) is 7.00. The molecule has 0 saturated heterocycles. The standard InChI is InChI=1S/C18H15FN2O2/c1-11-7-8-13(9-15(11)12(2)22)18(23)21-17(10-20)14-5-3-4-6-16(14)19/h3-9,17H,1-2H3,(H,21,23)/t17-/m0/s1. The van der Waals surface area contributed by atoms with E-state index in [0.717, 1.165) is 5.56 Å². The number of rotatable bonds is 4. The second kappa shape index (κ2) is 6.84. The highest BCUT2D eigenvalue weighted by molar-refractivity contribution is 6.00. The largest absolute Gasteiger partial charge is 0.332 e. The number of aryl methyl sites for hydroxylation is 1. The van der Waals surface area contributed by atoms with E-state index in [4.69, 9.17) is 0 Å². The van der Waals surface area contributed by atoms with Crippen LogP contribution in [-0.2, 0) is 0 Å². The maximum Gasteiger partial charge on any atom is 0.252 e. The molecule has 0 aliphatic heterocycles. The van der Waals surface area contributed by atoms with Gasteiger partial charge in [0, 0.05) is 16.7 Å². The summed E-state index contributed by atoms with van der Waals surface area (Å²) in [6.45, 7) is 3.19. The van der Waals surface area contributed by atoms with Crippen LogP contribution in [0.4, 0.5) is 4.39 Å². The van der Waals surface area contributed by atoms with E-state index in [9.17, 15) is 19.2 Å².